The Morgan fingerprint density at radius 1 is 1.47 bits per heavy atom. The first-order valence-electron chi connectivity index (χ1n) is 6.60. The van der Waals surface area contributed by atoms with Crippen LogP contribution >= 0.6 is 11.8 Å². The zero-order chi connectivity index (χ0) is 13.8. The van der Waals surface area contributed by atoms with E-state index in [2.05, 4.69) is 23.0 Å². The van der Waals surface area contributed by atoms with Gasteiger partial charge in [0.2, 0.25) is 0 Å². The van der Waals surface area contributed by atoms with Crippen LogP contribution in [0.15, 0.2) is 28.3 Å². The normalized spacial score (nSPS) is 20.6. The molecule has 1 aromatic carbocycles. The van der Waals surface area contributed by atoms with Gasteiger partial charge in [0, 0.05) is 23.2 Å². The Morgan fingerprint density at radius 2 is 2.26 bits per heavy atom. The third kappa shape index (κ3) is 2.81. The average molecular weight is 279 g/mol. The summed E-state index contributed by atoms with van der Waals surface area (Å²) in [4.78, 5) is 3.42. The molecule has 1 heterocycles. The summed E-state index contributed by atoms with van der Waals surface area (Å²) in [6, 6.07) is 6.61. The molecule has 1 aliphatic rings. The van der Waals surface area contributed by atoms with Gasteiger partial charge in [-0.25, -0.2) is 0 Å². The second kappa shape index (κ2) is 6.19. The van der Waals surface area contributed by atoms with Gasteiger partial charge in [-0.15, -0.1) is 11.8 Å². The zero-order valence-electron chi connectivity index (χ0n) is 11.5. The highest BCUT2D eigenvalue weighted by Crippen LogP contribution is 2.33. The summed E-state index contributed by atoms with van der Waals surface area (Å²) in [6.07, 6.45) is 5.67. The van der Waals surface area contributed by atoms with Crippen molar-refractivity contribution >= 4 is 23.3 Å². The number of hydrogen-bond donors (Lipinski definition) is 2. The number of benzene rings is 1. The van der Waals surface area contributed by atoms with Crippen molar-refractivity contribution in [3.63, 3.8) is 0 Å². The fourth-order valence-electron chi connectivity index (χ4n) is 2.69. The molecule has 1 aromatic rings. The van der Waals surface area contributed by atoms with Gasteiger partial charge in [-0.2, -0.15) is 0 Å². The summed E-state index contributed by atoms with van der Waals surface area (Å²) in [5.74, 6) is 0.192. The Bertz CT molecular complexity index is 476. The van der Waals surface area contributed by atoms with E-state index in [4.69, 9.17) is 10.9 Å². The Kier molecular flexibility index (Phi) is 4.58. The molecule has 0 amide bonds. The van der Waals surface area contributed by atoms with Gasteiger partial charge in [-0.3, -0.25) is 0 Å². The predicted octanol–water partition coefficient (Wildman–Crippen LogP) is 2.88. The molecule has 0 saturated carbocycles. The van der Waals surface area contributed by atoms with Gasteiger partial charge in [-0.1, -0.05) is 11.2 Å². The number of thioether (sulfide) groups is 1. The monoisotopic (exact) mass is 279 g/mol. The van der Waals surface area contributed by atoms with Gasteiger partial charge in [0.05, 0.1) is 5.56 Å². The number of hydrogen-bond acceptors (Lipinski definition) is 4. The molecule has 0 aliphatic carbocycles. The molecular formula is C14H21N3OS. The molecule has 5 heteroatoms. The lowest BCUT2D eigenvalue weighted by Crippen LogP contribution is -2.38. The smallest absolute Gasteiger partial charge is 0.173 e. The second-order valence-electron chi connectivity index (χ2n) is 4.88. The molecule has 104 valence electrons. The van der Waals surface area contributed by atoms with Crippen LogP contribution in [-0.2, 0) is 0 Å². The maximum absolute atomic E-state index is 9.03. The van der Waals surface area contributed by atoms with E-state index in [9.17, 15) is 0 Å². The minimum atomic E-state index is 0.192. The molecule has 4 nitrogen and oxygen atoms in total. The van der Waals surface area contributed by atoms with Crippen molar-refractivity contribution < 1.29 is 5.21 Å². The van der Waals surface area contributed by atoms with Gasteiger partial charge in [0.25, 0.3) is 0 Å². The molecular weight excluding hydrogens is 258 g/mol. The fraction of sp³-hybridized carbons (Fsp3) is 0.500. The van der Waals surface area contributed by atoms with E-state index in [0.29, 0.717) is 6.04 Å². The lowest BCUT2D eigenvalue weighted by Gasteiger charge is -2.36. The highest BCUT2D eigenvalue weighted by atomic mass is 32.2. The standard InChI is InChI=1S/C14H21N3OS/c1-10-6-3-4-9-17(10)11-7-5-8-12(19-2)13(11)14(15)16-18/h5,7-8,10,18H,3-4,6,9H2,1-2H3,(H2,15,16). The summed E-state index contributed by atoms with van der Waals surface area (Å²) in [6.45, 7) is 3.27. The molecule has 2 rings (SSSR count). The van der Waals surface area contributed by atoms with E-state index in [1.807, 2.05) is 18.4 Å². The van der Waals surface area contributed by atoms with Crippen LogP contribution in [0, 0.1) is 0 Å². The van der Waals surface area contributed by atoms with Crippen molar-refractivity contribution in [1.82, 2.24) is 0 Å². The lowest BCUT2D eigenvalue weighted by molar-refractivity contribution is 0.318. The van der Waals surface area contributed by atoms with Gasteiger partial charge >= 0.3 is 0 Å². The molecule has 0 bridgehead atoms. The first-order chi connectivity index (χ1) is 9.19. The van der Waals surface area contributed by atoms with Crippen LogP contribution < -0.4 is 10.6 Å². The minimum absolute atomic E-state index is 0.192. The fourth-order valence-corrected chi connectivity index (χ4v) is 3.32. The van der Waals surface area contributed by atoms with E-state index < -0.39 is 0 Å². The number of piperidine rings is 1. The maximum atomic E-state index is 9.03. The summed E-state index contributed by atoms with van der Waals surface area (Å²) < 4.78 is 0. The van der Waals surface area contributed by atoms with Crippen LogP contribution in [0.5, 0.6) is 0 Å². The van der Waals surface area contributed by atoms with Crippen molar-refractivity contribution in [3.05, 3.63) is 23.8 Å². The summed E-state index contributed by atoms with van der Waals surface area (Å²) in [5.41, 5.74) is 7.81. The van der Waals surface area contributed by atoms with Crippen molar-refractivity contribution in [2.24, 2.45) is 10.9 Å². The molecule has 3 N–H and O–H groups in total. The number of nitrogens with two attached hydrogens (primary N) is 1. The largest absolute Gasteiger partial charge is 0.409 e. The highest BCUT2D eigenvalue weighted by molar-refractivity contribution is 7.98. The molecule has 1 aliphatic heterocycles. The quantitative estimate of drug-likeness (QED) is 0.294. The minimum Gasteiger partial charge on any atom is -0.409 e. The molecule has 1 saturated heterocycles. The summed E-state index contributed by atoms with van der Waals surface area (Å²) >= 11 is 1.62. The SMILES string of the molecule is CSc1cccc(N2CCCCC2C)c1/C(N)=N/O. The van der Waals surface area contributed by atoms with Crippen molar-refractivity contribution in [2.45, 2.75) is 37.1 Å². The Morgan fingerprint density at radius 3 is 2.89 bits per heavy atom. The first-order valence-corrected chi connectivity index (χ1v) is 7.83. The molecule has 0 radical (unpaired) electrons. The van der Waals surface area contributed by atoms with Crippen molar-refractivity contribution in [3.8, 4) is 0 Å². The van der Waals surface area contributed by atoms with Crippen molar-refractivity contribution in [2.75, 3.05) is 17.7 Å². The third-order valence-electron chi connectivity index (χ3n) is 3.70. The topological polar surface area (TPSA) is 61.8 Å². The lowest BCUT2D eigenvalue weighted by atomic mass is 10.0. The van der Waals surface area contributed by atoms with Gasteiger partial charge in [-0.05, 0) is 44.6 Å². The van der Waals surface area contributed by atoms with Gasteiger partial charge in [0.1, 0.15) is 0 Å². The number of rotatable bonds is 3. The second-order valence-corrected chi connectivity index (χ2v) is 5.73. The van der Waals surface area contributed by atoms with Gasteiger partial charge < -0.3 is 15.8 Å². The first kappa shape index (κ1) is 14.1. The van der Waals surface area contributed by atoms with Crippen molar-refractivity contribution in [1.29, 1.82) is 0 Å². The predicted molar refractivity (Wildman–Crippen MR) is 81.4 cm³/mol. The number of nitrogens with zero attached hydrogens (tertiary/aromatic N) is 2. The number of amidine groups is 1. The van der Waals surface area contributed by atoms with Crippen LogP contribution in [0.2, 0.25) is 0 Å². The van der Waals surface area contributed by atoms with Crippen LogP contribution in [0.3, 0.4) is 0 Å². The Hall–Kier alpha value is -1.36. The molecule has 19 heavy (non-hydrogen) atoms. The van der Waals surface area contributed by atoms with E-state index in [1.165, 1.54) is 19.3 Å². The number of anilines is 1. The summed E-state index contributed by atoms with van der Waals surface area (Å²) in [7, 11) is 0. The maximum Gasteiger partial charge on any atom is 0.173 e. The van der Waals surface area contributed by atoms with E-state index in [0.717, 1.165) is 22.7 Å². The molecule has 1 unspecified atom stereocenters. The molecule has 1 atom stereocenters. The van der Waals surface area contributed by atoms with E-state index in [-0.39, 0.29) is 5.84 Å². The number of oxime groups is 1. The van der Waals surface area contributed by atoms with Crippen LogP contribution in [0.25, 0.3) is 0 Å². The molecule has 0 aromatic heterocycles. The Balaban J connectivity index is 2.49. The molecule has 0 spiro atoms. The summed E-state index contributed by atoms with van der Waals surface area (Å²) in [5, 5.41) is 12.2. The zero-order valence-corrected chi connectivity index (χ0v) is 12.3. The van der Waals surface area contributed by atoms with Crippen LogP contribution in [-0.4, -0.2) is 29.9 Å². The van der Waals surface area contributed by atoms with E-state index >= 15 is 0 Å². The van der Waals surface area contributed by atoms with E-state index in [1.54, 1.807) is 11.8 Å². The molecule has 1 fully saturated rings. The average Bonchev–Trinajstić information content (AvgIpc) is 2.46. The highest BCUT2D eigenvalue weighted by Gasteiger charge is 2.23. The van der Waals surface area contributed by atoms with Crippen LogP contribution in [0.1, 0.15) is 31.7 Å². The van der Waals surface area contributed by atoms with Crippen LogP contribution in [0.4, 0.5) is 5.69 Å². The van der Waals surface area contributed by atoms with Gasteiger partial charge in [0.15, 0.2) is 5.84 Å². The third-order valence-corrected chi connectivity index (χ3v) is 4.48. The Labute approximate surface area is 118 Å².